The van der Waals surface area contributed by atoms with E-state index < -0.39 is 62.0 Å². The minimum absolute atomic E-state index is 0.0343. The summed E-state index contributed by atoms with van der Waals surface area (Å²) in [4.78, 5) is 41.3. The topological polar surface area (TPSA) is 177 Å². The van der Waals surface area contributed by atoms with E-state index in [-0.39, 0.29) is 36.8 Å². The maximum Gasteiger partial charge on any atom is 0.328 e. The van der Waals surface area contributed by atoms with Gasteiger partial charge in [-0.25, -0.2) is 13.2 Å². The number of ether oxygens (including phenoxy) is 2. The second-order valence-corrected chi connectivity index (χ2v) is 15.0. The molecule has 0 aliphatic carbocycles. The predicted octanol–water partition coefficient (Wildman–Crippen LogP) is 2.84. The Labute approximate surface area is 293 Å². The number of rotatable bonds is 15. The van der Waals surface area contributed by atoms with Gasteiger partial charge in [-0.05, 0) is 82.6 Å². The number of anilines is 1. The van der Waals surface area contributed by atoms with Crippen molar-refractivity contribution in [2.45, 2.75) is 94.4 Å². The minimum atomic E-state index is -4.15. The van der Waals surface area contributed by atoms with E-state index in [2.05, 4.69) is 15.4 Å². The molecule has 0 aromatic heterocycles. The number of nitrogens with zero attached hydrogens (tertiary/aromatic N) is 1. The van der Waals surface area contributed by atoms with E-state index >= 15 is 0 Å². The fourth-order valence-electron chi connectivity index (χ4n) is 6.18. The molecule has 1 unspecified atom stereocenters. The van der Waals surface area contributed by atoms with Crippen molar-refractivity contribution in [3.05, 3.63) is 58.6 Å². The molecule has 268 valence electrons. The monoisotopic (exact) mass is 738 g/mol. The van der Waals surface area contributed by atoms with Crippen LogP contribution in [0.3, 0.4) is 0 Å². The zero-order valence-electron chi connectivity index (χ0n) is 27.7. The second-order valence-electron chi connectivity index (χ2n) is 12.1. The van der Waals surface area contributed by atoms with Gasteiger partial charge in [0.2, 0.25) is 26.2 Å². The lowest BCUT2D eigenvalue weighted by Crippen LogP contribution is -2.60. The standard InChI is InChI=1S/C33H43ClN4O9S2/c1-4-46-31(40)26(16-15-23-12-8-6-9-13-23)35-22(3)30(39)38-21-33(20-28(38)32(41)47-5-2)36-27-19-25(34)24(14-10-7-11-17-48(42)43)18-29(27)49(44,45)37-33/h6,8-9,12-13,17-19,22,26,28,35-37H,4-5,7,10-11,14-16,20-21H2,1-3H3/t22-,26-,28-,33?/m0/s1. The van der Waals surface area contributed by atoms with Crippen molar-refractivity contribution in [3.63, 3.8) is 0 Å². The van der Waals surface area contributed by atoms with Crippen LogP contribution in [-0.2, 0) is 57.0 Å². The van der Waals surface area contributed by atoms with Gasteiger partial charge in [-0.3, -0.25) is 14.9 Å². The molecule has 0 radical (unpaired) electrons. The van der Waals surface area contributed by atoms with Gasteiger partial charge in [0.15, 0.2) is 0 Å². The Morgan fingerprint density at radius 2 is 1.82 bits per heavy atom. The highest BCUT2D eigenvalue weighted by molar-refractivity contribution is 7.89. The van der Waals surface area contributed by atoms with Crippen LogP contribution in [0.4, 0.5) is 5.69 Å². The number of carbonyl (C=O) groups excluding carboxylic acids is 3. The first-order valence-corrected chi connectivity index (χ1v) is 19.3. The third-order valence-corrected chi connectivity index (χ3v) is 10.9. The molecule has 1 fully saturated rings. The van der Waals surface area contributed by atoms with Crippen LogP contribution < -0.4 is 15.4 Å². The molecule has 1 spiro atoms. The Morgan fingerprint density at radius 3 is 2.49 bits per heavy atom. The SMILES string of the molecule is CCOC(=O)[C@H](CCc1ccccc1)N[C@@H](C)C(=O)N1CC2(C[C@H]1C(=O)OCC)Nc1cc(Cl)c(CCCCC=S(=O)=O)cc1S(=O)(=O)N2. The first-order chi connectivity index (χ1) is 23.3. The molecule has 4 atom stereocenters. The average Bonchev–Trinajstić information content (AvgIpc) is 3.41. The van der Waals surface area contributed by atoms with Crippen LogP contribution in [0.25, 0.3) is 0 Å². The Balaban J connectivity index is 1.55. The van der Waals surface area contributed by atoms with Crippen molar-refractivity contribution in [1.29, 1.82) is 0 Å². The average molecular weight is 739 g/mol. The van der Waals surface area contributed by atoms with E-state index in [0.29, 0.717) is 49.1 Å². The predicted molar refractivity (Wildman–Crippen MR) is 185 cm³/mol. The molecular weight excluding hydrogens is 696 g/mol. The smallest absolute Gasteiger partial charge is 0.328 e. The Morgan fingerprint density at radius 1 is 1.10 bits per heavy atom. The van der Waals surface area contributed by atoms with Crippen molar-refractivity contribution in [1.82, 2.24) is 14.9 Å². The summed E-state index contributed by atoms with van der Waals surface area (Å²) in [6, 6.07) is 9.67. The molecule has 2 aliphatic rings. The van der Waals surface area contributed by atoms with Gasteiger partial charge in [0, 0.05) is 16.8 Å². The summed E-state index contributed by atoms with van der Waals surface area (Å²) < 4.78 is 62.1. The number of benzene rings is 2. The molecule has 2 heterocycles. The summed E-state index contributed by atoms with van der Waals surface area (Å²) in [5, 5.41) is 7.78. The number of hydrogen-bond acceptors (Lipinski definition) is 11. The van der Waals surface area contributed by atoms with Crippen LogP contribution >= 0.6 is 11.6 Å². The number of nitrogens with one attached hydrogen (secondary N) is 3. The van der Waals surface area contributed by atoms with Crippen LogP contribution in [-0.4, -0.2) is 88.5 Å². The molecule has 13 nitrogen and oxygen atoms in total. The molecule has 0 bridgehead atoms. The second kappa shape index (κ2) is 16.9. The molecule has 2 aromatic carbocycles. The Hall–Kier alpha value is -3.50. The van der Waals surface area contributed by atoms with Gasteiger partial charge < -0.3 is 19.7 Å². The van der Waals surface area contributed by atoms with Crippen LogP contribution in [0.2, 0.25) is 5.02 Å². The van der Waals surface area contributed by atoms with Crippen molar-refractivity contribution in [3.8, 4) is 0 Å². The Bertz CT molecular complexity index is 1770. The van der Waals surface area contributed by atoms with Gasteiger partial charge in [-0.1, -0.05) is 41.9 Å². The van der Waals surface area contributed by atoms with Gasteiger partial charge in [0.25, 0.3) is 0 Å². The largest absolute Gasteiger partial charge is 0.465 e. The number of hydrogen-bond donors (Lipinski definition) is 3. The van der Waals surface area contributed by atoms with Gasteiger partial charge in [-0.2, -0.15) is 13.1 Å². The number of carbonyl (C=O) groups is 3. The van der Waals surface area contributed by atoms with E-state index in [1.165, 1.54) is 22.4 Å². The number of amides is 1. The summed E-state index contributed by atoms with van der Waals surface area (Å²) in [6.45, 7) is 4.91. The summed E-state index contributed by atoms with van der Waals surface area (Å²) in [5.74, 6) is -1.73. The molecule has 2 aliphatic heterocycles. The summed E-state index contributed by atoms with van der Waals surface area (Å²) in [5.41, 5.74) is 0.357. The van der Waals surface area contributed by atoms with E-state index in [1.807, 2.05) is 30.3 Å². The maximum atomic E-state index is 14.0. The van der Waals surface area contributed by atoms with Crippen LogP contribution in [0.1, 0.15) is 64.0 Å². The number of unbranched alkanes of at least 4 members (excludes halogenated alkanes) is 2. The normalized spacial score (nSPS) is 20.5. The zero-order valence-corrected chi connectivity index (χ0v) is 30.1. The lowest BCUT2D eigenvalue weighted by atomic mass is 10.0. The summed E-state index contributed by atoms with van der Waals surface area (Å²) in [6.07, 6.45) is 2.74. The molecule has 3 N–H and O–H groups in total. The van der Waals surface area contributed by atoms with E-state index in [9.17, 15) is 31.2 Å². The highest BCUT2D eigenvalue weighted by Crippen LogP contribution is 2.40. The lowest BCUT2D eigenvalue weighted by molar-refractivity contribution is -0.154. The highest BCUT2D eigenvalue weighted by atomic mass is 35.5. The quantitative estimate of drug-likeness (QED) is 0.139. The van der Waals surface area contributed by atoms with Crippen molar-refractivity contribution in [2.75, 3.05) is 25.1 Å². The highest BCUT2D eigenvalue weighted by Gasteiger charge is 2.54. The Kier molecular flexibility index (Phi) is 13.2. The molecule has 2 aromatic rings. The van der Waals surface area contributed by atoms with Crippen molar-refractivity contribution in [2.24, 2.45) is 0 Å². The van der Waals surface area contributed by atoms with Gasteiger partial charge in [-0.15, -0.1) is 0 Å². The fraction of sp³-hybridized carbons (Fsp3) is 0.515. The van der Waals surface area contributed by atoms with Gasteiger partial charge in [0.05, 0.1) is 31.5 Å². The first kappa shape index (κ1) is 38.3. The molecule has 49 heavy (non-hydrogen) atoms. The number of likely N-dealkylation sites (tertiary alicyclic amines) is 1. The molecular formula is C33H43ClN4O9S2. The van der Waals surface area contributed by atoms with Crippen LogP contribution in [0.5, 0.6) is 0 Å². The van der Waals surface area contributed by atoms with E-state index in [0.717, 1.165) is 5.56 Å². The zero-order chi connectivity index (χ0) is 35.8. The third kappa shape index (κ3) is 9.81. The van der Waals surface area contributed by atoms with E-state index in [4.69, 9.17) is 21.1 Å². The molecule has 1 saturated heterocycles. The minimum Gasteiger partial charge on any atom is -0.465 e. The van der Waals surface area contributed by atoms with Gasteiger partial charge >= 0.3 is 11.9 Å². The van der Waals surface area contributed by atoms with Crippen molar-refractivity contribution < 1.29 is 40.7 Å². The molecule has 0 saturated carbocycles. The number of aryl methyl sites for hydroxylation is 2. The maximum absolute atomic E-state index is 14.0. The van der Waals surface area contributed by atoms with Crippen molar-refractivity contribution >= 4 is 60.8 Å². The number of esters is 2. The van der Waals surface area contributed by atoms with Gasteiger partial charge in [0.1, 0.15) is 22.6 Å². The van der Waals surface area contributed by atoms with Crippen LogP contribution in [0, 0.1) is 0 Å². The molecule has 1 amide bonds. The number of sulfonamides is 1. The summed E-state index contributed by atoms with van der Waals surface area (Å²) in [7, 11) is -6.38. The summed E-state index contributed by atoms with van der Waals surface area (Å²) >= 11 is 6.57. The lowest BCUT2D eigenvalue weighted by Gasteiger charge is -2.37. The van der Waals surface area contributed by atoms with Crippen LogP contribution in [0.15, 0.2) is 47.4 Å². The van der Waals surface area contributed by atoms with E-state index in [1.54, 1.807) is 20.8 Å². The molecule has 4 rings (SSSR count). The molecule has 16 heteroatoms. The fourth-order valence-corrected chi connectivity index (χ4v) is 8.32. The number of fused-ring (bicyclic) bond motifs is 1. The number of halogens is 1. The first-order valence-electron chi connectivity index (χ1n) is 16.3. The third-order valence-electron chi connectivity index (χ3n) is 8.45.